The van der Waals surface area contributed by atoms with E-state index in [0.29, 0.717) is 5.69 Å². The molecule has 2 aromatic heterocycles. The van der Waals surface area contributed by atoms with Gasteiger partial charge in [0.1, 0.15) is 5.69 Å². The number of esters is 1. The first-order chi connectivity index (χ1) is 13.7. The standard InChI is InChI=1S/C23H21N3O2/c1-28-23(27)19-13-18-17-9-5-6-10-21(17)26-15-25(14-20(24-19)22(18)26)12-11-16-7-3-2-4-8-16/h2-10,13H,11-12,14-15H2,1H3. The zero-order valence-corrected chi connectivity index (χ0v) is 15.8. The molecule has 0 radical (unpaired) electrons. The fourth-order valence-corrected chi connectivity index (χ4v) is 4.16. The summed E-state index contributed by atoms with van der Waals surface area (Å²) in [6, 6.07) is 20.7. The molecule has 1 aliphatic rings. The molecule has 0 saturated heterocycles. The fourth-order valence-electron chi connectivity index (χ4n) is 4.16. The highest BCUT2D eigenvalue weighted by molar-refractivity contribution is 6.10. The maximum atomic E-state index is 12.2. The Morgan fingerprint density at radius 2 is 1.86 bits per heavy atom. The number of rotatable bonds is 4. The number of fused-ring (bicyclic) bond motifs is 3. The molecule has 4 aromatic rings. The van der Waals surface area contributed by atoms with Gasteiger partial charge in [0.15, 0.2) is 0 Å². The van der Waals surface area contributed by atoms with Gasteiger partial charge in [0.05, 0.1) is 30.5 Å². The Labute approximate surface area is 163 Å². The summed E-state index contributed by atoms with van der Waals surface area (Å²) in [6.45, 7) is 2.48. The Balaban J connectivity index is 1.58. The molecule has 2 aromatic carbocycles. The van der Waals surface area contributed by atoms with Crippen molar-refractivity contribution in [3.05, 3.63) is 77.6 Å². The lowest BCUT2D eigenvalue weighted by molar-refractivity contribution is 0.0593. The lowest BCUT2D eigenvalue weighted by Crippen LogP contribution is -2.32. The van der Waals surface area contributed by atoms with Gasteiger partial charge in [-0.1, -0.05) is 48.5 Å². The zero-order valence-electron chi connectivity index (χ0n) is 15.8. The molecule has 1 aliphatic heterocycles. The van der Waals surface area contributed by atoms with Crippen LogP contribution in [0.25, 0.3) is 21.8 Å². The van der Waals surface area contributed by atoms with Gasteiger partial charge in [-0.25, -0.2) is 9.78 Å². The molecule has 5 heteroatoms. The Morgan fingerprint density at radius 3 is 2.68 bits per heavy atom. The number of pyridine rings is 1. The van der Waals surface area contributed by atoms with Gasteiger partial charge in [0.2, 0.25) is 0 Å². The third-order valence-corrected chi connectivity index (χ3v) is 5.49. The first kappa shape index (κ1) is 17.0. The minimum atomic E-state index is -0.392. The van der Waals surface area contributed by atoms with E-state index in [2.05, 4.69) is 56.9 Å². The van der Waals surface area contributed by atoms with Crippen molar-refractivity contribution in [1.82, 2.24) is 14.5 Å². The normalized spacial score (nSPS) is 13.9. The van der Waals surface area contributed by atoms with Gasteiger partial charge < -0.3 is 9.30 Å². The fraction of sp³-hybridized carbons (Fsp3) is 0.217. The van der Waals surface area contributed by atoms with Crippen LogP contribution in [0, 0.1) is 0 Å². The van der Waals surface area contributed by atoms with Crippen molar-refractivity contribution in [3.63, 3.8) is 0 Å². The molecule has 0 bridgehead atoms. The second-order valence-corrected chi connectivity index (χ2v) is 7.22. The minimum Gasteiger partial charge on any atom is -0.464 e. The molecule has 5 rings (SSSR count). The van der Waals surface area contributed by atoms with E-state index in [9.17, 15) is 4.79 Å². The molecule has 0 spiro atoms. The van der Waals surface area contributed by atoms with Crippen LogP contribution in [-0.2, 0) is 24.4 Å². The number of carbonyl (C=O) groups is 1. The summed E-state index contributed by atoms with van der Waals surface area (Å²) in [5.41, 5.74) is 4.94. The van der Waals surface area contributed by atoms with Crippen LogP contribution in [0.1, 0.15) is 21.7 Å². The molecule has 140 valence electrons. The summed E-state index contributed by atoms with van der Waals surface area (Å²) in [5.74, 6) is -0.392. The maximum Gasteiger partial charge on any atom is 0.356 e. The molecular formula is C23H21N3O2. The number of hydrogen-bond acceptors (Lipinski definition) is 4. The molecule has 28 heavy (non-hydrogen) atoms. The van der Waals surface area contributed by atoms with Crippen LogP contribution >= 0.6 is 0 Å². The molecule has 0 saturated carbocycles. The van der Waals surface area contributed by atoms with Crippen LogP contribution in [-0.4, -0.2) is 34.1 Å². The Hall–Kier alpha value is -3.18. The monoisotopic (exact) mass is 371 g/mol. The molecule has 0 fully saturated rings. The van der Waals surface area contributed by atoms with E-state index < -0.39 is 5.97 Å². The summed E-state index contributed by atoms with van der Waals surface area (Å²) in [7, 11) is 1.40. The lowest BCUT2D eigenvalue weighted by atomic mass is 10.1. The largest absolute Gasteiger partial charge is 0.464 e. The second kappa shape index (κ2) is 6.77. The first-order valence-corrected chi connectivity index (χ1v) is 9.50. The number of para-hydroxylation sites is 1. The number of benzene rings is 2. The Morgan fingerprint density at radius 1 is 1.07 bits per heavy atom. The van der Waals surface area contributed by atoms with Crippen molar-refractivity contribution in [2.45, 2.75) is 19.6 Å². The van der Waals surface area contributed by atoms with Crippen molar-refractivity contribution in [2.75, 3.05) is 13.7 Å². The quantitative estimate of drug-likeness (QED) is 0.509. The Bertz CT molecular complexity index is 1180. The van der Waals surface area contributed by atoms with E-state index >= 15 is 0 Å². The van der Waals surface area contributed by atoms with Crippen molar-refractivity contribution in [1.29, 1.82) is 0 Å². The number of nitrogens with zero attached hydrogens (tertiary/aromatic N) is 3. The van der Waals surface area contributed by atoms with Gasteiger partial charge in [-0.2, -0.15) is 0 Å². The van der Waals surface area contributed by atoms with Gasteiger partial charge in [0, 0.05) is 23.9 Å². The smallest absolute Gasteiger partial charge is 0.356 e. The summed E-state index contributed by atoms with van der Waals surface area (Å²) in [5, 5.41) is 2.22. The summed E-state index contributed by atoms with van der Waals surface area (Å²) >= 11 is 0. The molecule has 0 amide bonds. The molecule has 0 N–H and O–H groups in total. The average Bonchev–Trinajstić information content (AvgIpc) is 3.07. The molecule has 0 atom stereocenters. The summed E-state index contributed by atoms with van der Waals surface area (Å²) < 4.78 is 7.25. The van der Waals surface area contributed by atoms with Crippen molar-refractivity contribution < 1.29 is 9.53 Å². The van der Waals surface area contributed by atoms with Crippen molar-refractivity contribution in [2.24, 2.45) is 0 Å². The SMILES string of the molecule is COC(=O)c1cc2c3ccccc3n3c2c(n1)CN(CCc1ccccc1)C3. The predicted octanol–water partition coefficient (Wildman–Crippen LogP) is 3.99. The van der Waals surface area contributed by atoms with E-state index in [-0.39, 0.29) is 0 Å². The summed E-state index contributed by atoms with van der Waals surface area (Å²) in [4.78, 5) is 19.2. The second-order valence-electron chi connectivity index (χ2n) is 7.22. The number of ether oxygens (including phenoxy) is 1. The molecule has 3 heterocycles. The highest BCUT2D eigenvalue weighted by Gasteiger charge is 2.25. The molecule has 0 aliphatic carbocycles. The number of carbonyl (C=O) groups excluding carboxylic acids is 1. The van der Waals surface area contributed by atoms with Crippen LogP contribution in [0.2, 0.25) is 0 Å². The van der Waals surface area contributed by atoms with Gasteiger partial charge >= 0.3 is 5.97 Å². The van der Waals surface area contributed by atoms with Crippen LogP contribution in [0.15, 0.2) is 60.7 Å². The minimum absolute atomic E-state index is 0.373. The van der Waals surface area contributed by atoms with Crippen molar-refractivity contribution in [3.8, 4) is 0 Å². The predicted molar refractivity (Wildman–Crippen MR) is 109 cm³/mol. The van der Waals surface area contributed by atoms with Crippen LogP contribution < -0.4 is 0 Å². The van der Waals surface area contributed by atoms with Gasteiger partial charge in [-0.15, -0.1) is 0 Å². The van der Waals surface area contributed by atoms with Crippen LogP contribution in [0.3, 0.4) is 0 Å². The zero-order chi connectivity index (χ0) is 19.1. The van der Waals surface area contributed by atoms with E-state index in [0.717, 1.165) is 48.2 Å². The average molecular weight is 371 g/mol. The first-order valence-electron chi connectivity index (χ1n) is 9.50. The Kier molecular flexibility index (Phi) is 4.10. The number of methoxy groups -OCH3 is 1. The number of aromatic nitrogens is 2. The van der Waals surface area contributed by atoms with Gasteiger partial charge in [-0.05, 0) is 24.1 Å². The lowest BCUT2D eigenvalue weighted by Gasteiger charge is -2.28. The van der Waals surface area contributed by atoms with Gasteiger partial charge in [-0.3, -0.25) is 4.90 Å². The molecule has 0 unspecified atom stereocenters. The summed E-state index contributed by atoms with van der Waals surface area (Å²) in [6.07, 6.45) is 0.981. The van der Waals surface area contributed by atoms with Gasteiger partial charge in [0.25, 0.3) is 0 Å². The third kappa shape index (κ3) is 2.75. The van der Waals surface area contributed by atoms with E-state index in [4.69, 9.17) is 4.74 Å². The molecular weight excluding hydrogens is 350 g/mol. The van der Waals surface area contributed by atoms with E-state index in [1.165, 1.54) is 18.2 Å². The third-order valence-electron chi connectivity index (χ3n) is 5.49. The topological polar surface area (TPSA) is 47.4 Å². The number of hydrogen-bond donors (Lipinski definition) is 0. The molecule has 5 nitrogen and oxygen atoms in total. The maximum absolute atomic E-state index is 12.2. The highest BCUT2D eigenvalue weighted by atomic mass is 16.5. The van der Waals surface area contributed by atoms with Crippen LogP contribution in [0.5, 0.6) is 0 Å². The van der Waals surface area contributed by atoms with Crippen molar-refractivity contribution >= 4 is 27.8 Å². The van der Waals surface area contributed by atoms with Crippen LogP contribution in [0.4, 0.5) is 0 Å². The van der Waals surface area contributed by atoms with E-state index in [1.54, 1.807) is 0 Å². The highest BCUT2D eigenvalue weighted by Crippen LogP contribution is 2.34. The van der Waals surface area contributed by atoms with E-state index in [1.807, 2.05) is 18.2 Å².